The first-order valence-electron chi connectivity index (χ1n) is 13.4. The molecule has 4 heteroatoms. The summed E-state index contributed by atoms with van der Waals surface area (Å²) in [5, 5.41) is 3.01. The molecule has 186 valence electrons. The first-order chi connectivity index (χ1) is 17.9. The van der Waals surface area contributed by atoms with Crippen LogP contribution in [0.25, 0.3) is 28.3 Å². The molecule has 4 aromatic rings. The maximum absolute atomic E-state index is 7.83. The second-order valence-corrected chi connectivity index (χ2v) is 26.7. The van der Waals surface area contributed by atoms with Crippen molar-refractivity contribution >= 4 is 46.3 Å². The molecule has 0 aromatic heterocycles. The molecule has 0 amide bonds. The maximum atomic E-state index is 7.83. The van der Waals surface area contributed by atoms with E-state index in [4.69, 9.17) is 17.0 Å². The van der Waals surface area contributed by atoms with Gasteiger partial charge in [0, 0.05) is 0 Å². The van der Waals surface area contributed by atoms with Gasteiger partial charge in [-0.1, -0.05) is 0 Å². The molecule has 1 aliphatic carbocycles. The molecule has 0 saturated carbocycles. The number of benzene rings is 4. The molecule has 0 nitrogen and oxygen atoms in total. The Morgan fingerprint density at radius 3 is 2.32 bits per heavy atom. The van der Waals surface area contributed by atoms with Crippen molar-refractivity contribution in [2.24, 2.45) is 5.92 Å². The summed E-state index contributed by atoms with van der Waals surface area (Å²) < 4.78 is 1.44. The molecule has 0 fully saturated rings. The van der Waals surface area contributed by atoms with Gasteiger partial charge in [-0.2, -0.15) is 0 Å². The number of allylic oxidation sites excluding steroid dienone is 1. The summed E-state index contributed by atoms with van der Waals surface area (Å²) in [4.78, 5) is 0. The summed E-state index contributed by atoms with van der Waals surface area (Å²) >= 11 is -3.95. The van der Waals surface area contributed by atoms with Gasteiger partial charge in [-0.3, -0.25) is 0 Å². The van der Waals surface area contributed by atoms with Gasteiger partial charge in [0.05, 0.1) is 0 Å². The van der Waals surface area contributed by atoms with Crippen LogP contribution in [0.1, 0.15) is 47.5 Å². The van der Waals surface area contributed by atoms with Crippen molar-refractivity contribution in [1.82, 2.24) is 0 Å². The van der Waals surface area contributed by atoms with E-state index in [9.17, 15) is 0 Å². The van der Waals surface area contributed by atoms with Crippen molar-refractivity contribution in [3.8, 4) is 22.3 Å². The number of halogens is 2. The average Bonchev–Trinajstić information content (AvgIpc) is 3.46. The van der Waals surface area contributed by atoms with E-state index in [1.807, 2.05) is 0 Å². The summed E-state index contributed by atoms with van der Waals surface area (Å²) in [5.41, 5.74) is 10.9. The fourth-order valence-corrected chi connectivity index (χ4v) is 23.3. The van der Waals surface area contributed by atoms with Crippen LogP contribution in [0.3, 0.4) is 0 Å². The molecule has 37 heavy (non-hydrogen) atoms. The van der Waals surface area contributed by atoms with Crippen LogP contribution in [0.5, 0.6) is 0 Å². The molecular formula is C33H32Cl2SiZr. The predicted molar refractivity (Wildman–Crippen MR) is 162 cm³/mol. The van der Waals surface area contributed by atoms with Crippen LogP contribution in [-0.4, -0.2) is 9.52 Å². The molecule has 1 unspecified atom stereocenters. The number of fused-ring (bicyclic) bond motifs is 4. The molecule has 0 saturated heterocycles. The van der Waals surface area contributed by atoms with Gasteiger partial charge in [-0.05, 0) is 0 Å². The van der Waals surface area contributed by atoms with Gasteiger partial charge < -0.3 is 0 Å². The topological polar surface area (TPSA) is 0 Å². The van der Waals surface area contributed by atoms with Crippen LogP contribution < -0.4 is 13.6 Å². The Morgan fingerprint density at radius 1 is 0.838 bits per heavy atom. The Morgan fingerprint density at radius 2 is 1.57 bits per heavy atom. The Bertz CT molecular complexity index is 1520. The summed E-state index contributed by atoms with van der Waals surface area (Å²) in [6, 6.07) is 31.2. The van der Waals surface area contributed by atoms with Crippen LogP contribution in [0.2, 0.25) is 0 Å². The first kappa shape index (κ1) is 25.6. The van der Waals surface area contributed by atoms with Gasteiger partial charge >= 0.3 is 237 Å². The van der Waals surface area contributed by atoms with Gasteiger partial charge in [0.2, 0.25) is 0 Å². The third kappa shape index (κ3) is 4.39. The minimum atomic E-state index is -3.95. The van der Waals surface area contributed by atoms with E-state index < -0.39 is 27.4 Å². The molecular weight excluding hydrogens is 587 g/mol. The Labute approximate surface area is 235 Å². The molecule has 0 bridgehead atoms. The van der Waals surface area contributed by atoms with Crippen molar-refractivity contribution < 1.29 is 17.9 Å². The fraction of sp³-hybridized carbons (Fsp3) is 0.212. The average molecular weight is 619 g/mol. The van der Waals surface area contributed by atoms with E-state index in [1.165, 1.54) is 58.2 Å². The molecule has 0 spiro atoms. The summed E-state index contributed by atoms with van der Waals surface area (Å²) in [6.45, 7) is 6.86. The minimum absolute atomic E-state index is 0.132. The van der Waals surface area contributed by atoms with Crippen molar-refractivity contribution in [3.63, 3.8) is 0 Å². The molecule has 1 aliphatic heterocycles. The van der Waals surface area contributed by atoms with E-state index in [-0.39, 0.29) is 3.63 Å². The Hall–Kier alpha value is -1.70. The standard InChI is InChI=1S/C21H23.C12H9Si.2ClH.Zr/c1-4-17-10-11-19-13-16(12-15(2)3)14-20(19)21(17)18-8-6-5-7-9-18;1-3-7-11-9(5-1)10-6-2-4-8-12(10)13-11;;;/h5-11,13-15H,4,12H2,1-3H3;1-7H,13H2;2*1H;/q;;;;+2/p-2. The normalized spacial score (nSPS) is 16.6. The van der Waals surface area contributed by atoms with Crippen molar-refractivity contribution in [2.45, 2.75) is 37.2 Å². The van der Waals surface area contributed by atoms with E-state index in [0.717, 1.165) is 12.8 Å². The second-order valence-electron chi connectivity index (χ2n) is 10.9. The third-order valence-electron chi connectivity index (χ3n) is 8.04. The molecule has 1 atom stereocenters. The van der Waals surface area contributed by atoms with Gasteiger partial charge in [-0.15, -0.1) is 0 Å². The van der Waals surface area contributed by atoms with Gasteiger partial charge in [0.1, 0.15) is 0 Å². The van der Waals surface area contributed by atoms with Crippen LogP contribution in [0.4, 0.5) is 0 Å². The monoisotopic (exact) mass is 616 g/mol. The summed E-state index contributed by atoms with van der Waals surface area (Å²) in [6.07, 6.45) is 4.49. The van der Waals surface area contributed by atoms with Crippen LogP contribution in [-0.2, 0) is 24.3 Å². The fourth-order valence-electron chi connectivity index (χ4n) is 6.50. The second kappa shape index (κ2) is 10.1. The molecule has 2 aliphatic rings. The number of aryl methyl sites for hydroxylation is 1. The SMILES string of the molecule is CCc1ccc2c(c1-c1ccccc1)C=C(CC(C)C)[CH]2[Zr]([Cl])([Cl])[c]1cccc2c1[SiH2]c1ccccc1-2. The van der Waals surface area contributed by atoms with Crippen molar-refractivity contribution in [2.75, 3.05) is 0 Å². The molecule has 0 radical (unpaired) electrons. The molecule has 1 heterocycles. The van der Waals surface area contributed by atoms with Crippen LogP contribution >= 0.6 is 17.0 Å². The molecule has 0 N–H and O–H groups in total. The zero-order chi connectivity index (χ0) is 25.7. The Kier molecular flexibility index (Phi) is 7.00. The van der Waals surface area contributed by atoms with Crippen molar-refractivity contribution in [3.05, 3.63) is 107 Å². The van der Waals surface area contributed by atoms with Gasteiger partial charge in [-0.25, -0.2) is 0 Å². The quantitative estimate of drug-likeness (QED) is 0.176. The number of hydrogen-bond donors (Lipinski definition) is 0. The first-order valence-corrected chi connectivity index (χ1v) is 23.8. The van der Waals surface area contributed by atoms with Crippen LogP contribution in [0, 0.1) is 5.92 Å². The molecule has 4 aromatic carbocycles. The van der Waals surface area contributed by atoms with E-state index in [1.54, 1.807) is 0 Å². The summed E-state index contributed by atoms with van der Waals surface area (Å²) in [5.74, 6) is 0.546. The third-order valence-corrected chi connectivity index (χ3v) is 22.4. The zero-order valence-electron chi connectivity index (χ0n) is 21.7. The number of hydrogen-bond acceptors (Lipinski definition) is 0. The van der Waals surface area contributed by atoms with E-state index in [2.05, 4.69) is 112 Å². The number of rotatable bonds is 6. The zero-order valence-corrected chi connectivity index (χ0v) is 27.1. The van der Waals surface area contributed by atoms with Crippen molar-refractivity contribution in [1.29, 1.82) is 0 Å². The van der Waals surface area contributed by atoms with E-state index >= 15 is 0 Å². The Balaban J connectivity index is 1.54. The summed E-state index contributed by atoms with van der Waals surface area (Å²) in [7, 11) is 15.1. The predicted octanol–water partition coefficient (Wildman–Crippen LogP) is 7.29. The van der Waals surface area contributed by atoms with Gasteiger partial charge in [0.25, 0.3) is 0 Å². The van der Waals surface area contributed by atoms with E-state index in [0.29, 0.717) is 5.92 Å². The van der Waals surface area contributed by atoms with Crippen LogP contribution in [0.15, 0.2) is 90.5 Å². The molecule has 6 rings (SSSR count). The van der Waals surface area contributed by atoms with Gasteiger partial charge in [0.15, 0.2) is 0 Å².